The Morgan fingerprint density at radius 3 is 2.56 bits per heavy atom. The zero-order valence-electron chi connectivity index (χ0n) is 10.1. The normalized spacial score (nSPS) is 10.4. The van der Waals surface area contributed by atoms with Gasteiger partial charge in [-0.05, 0) is 59.3 Å². The lowest BCUT2D eigenvalue weighted by atomic mass is 10.2. The fraction of sp³-hybridized carbons (Fsp3) is 0.214. The summed E-state index contributed by atoms with van der Waals surface area (Å²) in [6.07, 6.45) is 0. The van der Waals surface area contributed by atoms with E-state index in [1.165, 1.54) is 3.57 Å². The van der Waals surface area contributed by atoms with Crippen molar-refractivity contribution in [3.05, 3.63) is 56.9 Å². The van der Waals surface area contributed by atoms with Crippen LogP contribution in [0.1, 0.15) is 17.0 Å². The number of pyridine rings is 1. The quantitative estimate of drug-likeness (QED) is 0.858. The molecule has 0 spiro atoms. The van der Waals surface area contributed by atoms with E-state index in [2.05, 4.69) is 27.6 Å². The van der Waals surface area contributed by atoms with E-state index in [9.17, 15) is 5.11 Å². The molecule has 0 radical (unpaired) electrons. The zero-order chi connectivity index (χ0) is 13.0. The molecule has 4 heteroatoms. The minimum absolute atomic E-state index is 0.107. The van der Waals surface area contributed by atoms with Crippen LogP contribution in [0.4, 0.5) is 0 Å². The van der Waals surface area contributed by atoms with Gasteiger partial charge in [-0.1, -0.05) is 12.1 Å². The molecule has 0 atom stereocenters. The van der Waals surface area contributed by atoms with E-state index in [0.29, 0.717) is 18.1 Å². The van der Waals surface area contributed by atoms with Crippen LogP contribution in [-0.2, 0) is 13.2 Å². The number of benzene rings is 1. The van der Waals surface area contributed by atoms with Crippen molar-refractivity contribution in [1.82, 2.24) is 4.98 Å². The van der Waals surface area contributed by atoms with Crippen LogP contribution in [0.25, 0.3) is 0 Å². The summed E-state index contributed by atoms with van der Waals surface area (Å²) in [5, 5.41) is 9.23. The van der Waals surface area contributed by atoms with Gasteiger partial charge in [-0.3, -0.25) is 4.98 Å². The molecule has 0 amide bonds. The monoisotopic (exact) mass is 355 g/mol. The Labute approximate surface area is 120 Å². The Morgan fingerprint density at radius 2 is 1.89 bits per heavy atom. The topological polar surface area (TPSA) is 42.4 Å². The van der Waals surface area contributed by atoms with Gasteiger partial charge in [0.15, 0.2) is 0 Å². The van der Waals surface area contributed by atoms with E-state index in [-0.39, 0.29) is 6.61 Å². The highest BCUT2D eigenvalue weighted by Gasteiger charge is 2.05. The second-order valence-electron chi connectivity index (χ2n) is 3.97. The third-order valence-electron chi connectivity index (χ3n) is 2.53. The molecule has 0 aliphatic heterocycles. The maximum atomic E-state index is 9.23. The van der Waals surface area contributed by atoms with Crippen LogP contribution in [0.15, 0.2) is 36.4 Å². The maximum Gasteiger partial charge on any atom is 0.143 e. The molecule has 3 nitrogen and oxygen atoms in total. The van der Waals surface area contributed by atoms with E-state index in [4.69, 9.17) is 4.74 Å². The molecule has 1 heterocycles. The Kier molecular flexibility index (Phi) is 4.54. The SMILES string of the molecule is Cc1ccc(OCc2ccc(I)cc2)c(CO)n1. The molecule has 0 fully saturated rings. The number of aryl methyl sites for hydroxylation is 1. The number of hydrogen-bond donors (Lipinski definition) is 1. The van der Waals surface area contributed by atoms with Gasteiger partial charge in [-0.15, -0.1) is 0 Å². The van der Waals surface area contributed by atoms with Crippen LogP contribution in [0.5, 0.6) is 5.75 Å². The summed E-state index contributed by atoms with van der Waals surface area (Å²) < 4.78 is 6.88. The average molecular weight is 355 g/mol. The van der Waals surface area contributed by atoms with Gasteiger partial charge in [0.25, 0.3) is 0 Å². The largest absolute Gasteiger partial charge is 0.487 e. The molecule has 1 aromatic heterocycles. The minimum atomic E-state index is -0.107. The molecule has 0 saturated carbocycles. The Balaban J connectivity index is 2.08. The summed E-state index contributed by atoms with van der Waals surface area (Å²) in [5.74, 6) is 0.640. The van der Waals surface area contributed by atoms with Gasteiger partial charge < -0.3 is 9.84 Å². The lowest BCUT2D eigenvalue weighted by Crippen LogP contribution is -2.01. The van der Waals surface area contributed by atoms with E-state index in [1.807, 2.05) is 43.3 Å². The lowest BCUT2D eigenvalue weighted by molar-refractivity contribution is 0.253. The van der Waals surface area contributed by atoms with Crippen molar-refractivity contribution in [2.75, 3.05) is 0 Å². The Hall–Kier alpha value is -1.14. The van der Waals surface area contributed by atoms with Crippen molar-refractivity contribution in [3.63, 3.8) is 0 Å². The van der Waals surface area contributed by atoms with Gasteiger partial charge in [0, 0.05) is 9.26 Å². The van der Waals surface area contributed by atoms with Crippen LogP contribution in [0, 0.1) is 10.5 Å². The zero-order valence-corrected chi connectivity index (χ0v) is 12.2. The molecule has 0 unspecified atom stereocenters. The van der Waals surface area contributed by atoms with Gasteiger partial charge in [0.1, 0.15) is 18.1 Å². The number of ether oxygens (including phenoxy) is 1. The van der Waals surface area contributed by atoms with E-state index in [1.54, 1.807) is 0 Å². The number of aliphatic hydroxyl groups excluding tert-OH is 1. The molecule has 94 valence electrons. The van der Waals surface area contributed by atoms with E-state index in [0.717, 1.165) is 11.3 Å². The van der Waals surface area contributed by atoms with Gasteiger partial charge in [0.2, 0.25) is 0 Å². The Bertz CT molecular complexity index is 526. The lowest BCUT2D eigenvalue weighted by Gasteiger charge is -2.10. The number of rotatable bonds is 4. The van der Waals surface area contributed by atoms with Crippen molar-refractivity contribution >= 4 is 22.6 Å². The first-order chi connectivity index (χ1) is 8.69. The fourth-order valence-electron chi connectivity index (χ4n) is 1.58. The van der Waals surface area contributed by atoms with Crippen LogP contribution < -0.4 is 4.74 Å². The standard InChI is InChI=1S/C14H14INO2/c1-10-2-7-14(13(8-17)16-10)18-9-11-3-5-12(15)6-4-11/h2-7,17H,8-9H2,1H3. The second-order valence-corrected chi connectivity index (χ2v) is 5.22. The fourth-order valence-corrected chi connectivity index (χ4v) is 1.94. The molecule has 2 rings (SSSR count). The first-order valence-electron chi connectivity index (χ1n) is 5.63. The van der Waals surface area contributed by atoms with Crippen molar-refractivity contribution in [3.8, 4) is 5.75 Å². The van der Waals surface area contributed by atoms with Gasteiger partial charge in [-0.25, -0.2) is 0 Å². The summed E-state index contributed by atoms with van der Waals surface area (Å²) in [6.45, 7) is 2.26. The molecule has 0 aliphatic carbocycles. The van der Waals surface area contributed by atoms with Crippen LogP contribution >= 0.6 is 22.6 Å². The third kappa shape index (κ3) is 3.43. The summed E-state index contributed by atoms with van der Waals surface area (Å²) in [4.78, 5) is 4.24. The minimum Gasteiger partial charge on any atom is -0.487 e. The maximum absolute atomic E-state index is 9.23. The summed E-state index contributed by atoms with van der Waals surface area (Å²) in [5.41, 5.74) is 2.56. The van der Waals surface area contributed by atoms with Gasteiger partial charge in [-0.2, -0.15) is 0 Å². The van der Waals surface area contributed by atoms with Crippen molar-refractivity contribution in [2.45, 2.75) is 20.1 Å². The highest BCUT2D eigenvalue weighted by molar-refractivity contribution is 14.1. The first kappa shape index (κ1) is 13.3. The molecule has 2 aromatic rings. The number of hydrogen-bond acceptors (Lipinski definition) is 3. The highest BCUT2D eigenvalue weighted by atomic mass is 127. The van der Waals surface area contributed by atoms with Crippen LogP contribution in [0.3, 0.4) is 0 Å². The number of halogens is 1. The second kappa shape index (κ2) is 6.15. The Morgan fingerprint density at radius 1 is 1.17 bits per heavy atom. The smallest absolute Gasteiger partial charge is 0.143 e. The molecule has 0 saturated heterocycles. The van der Waals surface area contributed by atoms with Crippen LogP contribution in [-0.4, -0.2) is 10.1 Å². The molecular formula is C14H14INO2. The van der Waals surface area contributed by atoms with E-state index >= 15 is 0 Å². The van der Waals surface area contributed by atoms with Gasteiger partial charge >= 0.3 is 0 Å². The molecular weight excluding hydrogens is 341 g/mol. The van der Waals surface area contributed by atoms with E-state index < -0.39 is 0 Å². The number of aromatic nitrogens is 1. The van der Waals surface area contributed by atoms with Crippen molar-refractivity contribution in [1.29, 1.82) is 0 Å². The predicted octanol–water partition coefficient (Wildman–Crippen LogP) is 3.07. The third-order valence-corrected chi connectivity index (χ3v) is 3.25. The molecule has 0 bridgehead atoms. The highest BCUT2D eigenvalue weighted by Crippen LogP contribution is 2.18. The number of aliphatic hydroxyl groups is 1. The molecule has 1 aromatic carbocycles. The van der Waals surface area contributed by atoms with Crippen molar-refractivity contribution < 1.29 is 9.84 Å². The summed E-state index contributed by atoms with van der Waals surface area (Å²) >= 11 is 2.27. The van der Waals surface area contributed by atoms with Crippen molar-refractivity contribution in [2.24, 2.45) is 0 Å². The molecule has 1 N–H and O–H groups in total. The van der Waals surface area contributed by atoms with Gasteiger partial charge in [0.05, 0.1) is 6.61 Å². The molecule has 0 aliphatic rings. The summed E-state index contributed by atoms with van der Waals surface area (Å²) in [7, 11) is 0. The number of nitrogens with zero attached hydrogens (tertiary/aromatic N) is 1. The predicted molar refractivity (Wildman–Crippen MR) is 78.4 cm³/mol. The molecule has 18 heavy (non-hydrogen) atoms. The summed E-state index contributed by atoms with van der Waals surface area (Å²) in [6, 6.07) is 11.9. The van der Waals surface area contributed by atoms with Crippen LogP contribution in [0.2, 0.25) is 0 Å². The first-order valence-corrected chi connectivity index (χ1v) is 6.71. The average Bonchev–Trinajstić information content (AvgIpc) is 2.39.